The van der Waals surface area contributed by atoms with Gasteiger partial charge >= 0.3 is 11.9 Å². The van der Waals surface area contributed by atoms with Gasteiger partial charge in [-0.25, -0.2) is 9.78 Å². The van der Waals surface area contributed by atoms with Crippen LogP contribution in [-0.4, -0.2) is 30.4 Å². The molecule has 3 aromatic heterocycles. The van der Waals surface area contributed by atoms with Gasteiger partial charge in [0, 0.05) is 34.8 Å². The lowest BCUT2D eigenvalue weighted by molar-refractivity contribution is -0.137. The Morgan fingerprint density at radius 3 is 2.49 bits per heavy atom. The zero-order chi connectivity index (χ0) is 30.5. The molecule has 1 saturated carbocycles. The molecule has 5 aromatic rings. The monoisotopic (exact) mass is 585 g/mol. The Hall–Kier alpha value is -5.13. The van der Waals surface area contributed by atoms with E-state index in [4.69, 9.17) is 0 Å². The van der Waals surface area contributed by atoms with Crippen molar-refractivity contribution in [1.82, 2.24) is 24.5 Å². The number of carbonyl (C=O) groups excluding carboxylic acids is 1. The van der Waals surface area contributed by atoms with E-state index < -0.39 is 23.3 Å². The van der Waals surface area contributed by atoms with Gasteiger partial charge in [-0.2, -0.15) is 23.1 Å². The first-order valence-electron chi connectivity index (χ1n) is 13.6. The summed E-state index contributed by atoms with van der Waals surface area (Å²) in [7, 11) is 0. The van der Waals surface area contributed by atoms with Crippen LogP contribution in [0.4, 0.5) is 30.5 Å². The average Bonchev–Trinajstić information content (AvgIpc) is 3.80. The molecule has 0 spiro atoms. The number of aryl methyl sites for hydroxylation is 3. The van der Waals surface area contributed by atoms with E-state index in [1.165, 1.54) is 16.7 Å². The van der Waals surface area contributed by atoms with E-state index >= 15 is 0 Å². The molecule has 1 fully saturated rings. The van der Waals surface area contributed by atoms with Crippen molar-refractivity contribution in [2.75, 3.05) is 10.6 Å². The van der Waals surface area contributed by atoms with Crippen LogP contribution in [0.1, 0.15) is 57.3 Å². The molecule has 0 atom stereocenters. The number of fused-ring (bicyclic) bond motifs is 1. The van der Waals surface area contributed by atoms with Gasteiger partial charge in [0.1, 0.15) is 0 Å². The molecule has 2 N–H and O–H groups in total. The topological polar surface area (TPSA) is 115 Å². The summed E-state index contributed by atoms with van der Waals surface area (Å²) in [5.41, 5.74) is 3.32. The third-order valence-electron chi connectivity index (χ3n) is 7.27. The molecule has 0 aliphatic heterocycles. The van der Waals surface area contributed by atoms with Crippen molar-refractivity contribution in [3.63, 3.8) is 0 Å². The summed E-state index contributed by atoms with van der Waals surface area (Å²) in [5, 5.41) is 6.43. The van der Waals surface area contributed by atoms with Crippen molar-refractivity contribution in [2.24, 2.45) is 0 Å². The minimum absolute atomic E-state index is 0.0897. The molecule has 0 unspecified atom stereocenters. The number of carbonyl (C=O) groups is 1. The maximum atomic E-state index is 13.6. The number of halogens is 3. The zero-order valence-electron chi connectivity index (χ0n) is 23.5. The largest absolute Gasteiger partial charge is 0.416 e. The van der Waals surface area contributed by atoms with Crippen molar-refractivity contribution in [3.05, 3.63) is 105 Å². The van der Waals surface area contributed by atoms with Gasteiger partial charge in [0.2, 0.25) is 5.95 Å². The lowest BCUT2D eigenvalue weighted by Gasteiger charge is -2.18. The zero-order valence-corrected chi connectivity index (χ0v) is 23.5. The Morgan fingerprint density at radius 2 is 1.77 bits per heavy atom. The Labute approximate surface area is 243 Å². The number of hydrogen-bond acceptors (Lipinski definition) is 7. The molecule has 3 heterocycles. The standard InChI is InChI=1S/C31H26F3N7O2/c1-16-7-11-22(37-28(42)20-5-4-6-21(13-20)31(32,33)34)14-25(16)41-26(19-9-10-19)23-15-35-29(39-27(23)40-30(41)43)38-24-12-8-17(2)36-18(24)3/h4-8,11-15,19H,9-10H2,1-3H3,(H,37,42)(H,38,39,40,43). The first kappa shape index (κ1) is 28.0. The molecule has 0 saturated heterocycles. The van der Waals surface area contributed by atoms with Crippen LogP contribution in [0.5, 0.6) is 0 Å². The Morgan fingerprint density at radius 1 is 0.977 bits per heavy atom. The minimum Gasteiger partial charge on any atom is -0.323 e. The summed E-state index contributed by atoms with van der Waals surface area (Å²) in [4.78, 5) is 44.2. The molecule has 1 aliphatic rings. The minimum atomic E-state index is -4.58. The highest BCUT2D eigenvalue weighted by molar-refractivity contribution is 6.04. The lowest BCUT2D eigenvalue weighted by Crippen LogP contribution is -2.26. The maximum Gasteiger partial charge on any atom is 0.416 e. The quantitative estimate of drug-likeness (QED) is 0.237. The fourth-order valence-corrected chi connectivity index (χ4v) is 4.96. The first-order chi connectivity index (χ1) is 20.5. The number of alkyl halides is 3. The summed E-state index contributed by atoms with van der Waals surface area (Å²) in [6.45, 7) is 5.60. The summed E-state index contributed by atoms with van der Waals surface area (Å²) < 4.78 is 41.0. The van der Waals surface area contributed by atoms with E-state index in [1.807, 2.05) is 32.9 Å². The highest BCUT2D eigenvalue weighted by atomic mass is 19.4. The number of aromatic nitrogens is 5. The highest BCUT2D eigenvalue weighted by Gasteiger charge is 2.32. The molecule has 43 heavy (non-hydrogen) atoms. The van der Waals surface area contributed by atoms with Crippen molar-refractivity contribution >= 4 is 34.3 Å². The van der Waals surface area contributed by atoms with Gasteiger partial charge in [-0.05, 0) is 81.6 Å². The molecule has 218 valence electrons. The van der Waals surface area contributed by atoms with E-state index in [0.717, 1.165) is 53.3 Å². The van der Waals surface area contributed by atoms with Gasteiger partial charge < -0.3 is 10.6 Å². The SMILES string of the molecule is Cc1ccc(Nc2ncc3c(C4CC4)n(-c4cc(NC(=O)c5cccc(C(F)(F)F)c5)ccc4C)c(=O)nc3n2)c(C)n1. The summed E-state index contributed by atoms with van der Waals surface area (Å²) >= 11 is 0. The Kier molecular flexibility index (Phi) is 6.91. The molecule has 2 aromatic carbocycles. The number of anilines is 3. The van der Waals surface area contributed by atoms with E-state index in [9.17, 15) is 22.8 Å². The number of nitrogens with zero attached hydrogens (tertiary/aromatic N) is 5. The predicted molar refractivity (Wildman–Crippen MR) is 156 cm³/mol. The van der Waals surface area contributed by atoms with E-state index in [-0.39, 0.29) is 23.1 Å². The van der Waals surface area contributed by atoms with Crippen LogP contribution in [-0.2, 0) is 6.18 Å². The third-order valence-corrected chi connectivity index (χ3v) is 7.27. The number of amides is 1. The normalized spacial score (nSPS) is 13.3. The Bertz CT molecular complexity index is 1970. The van der Waals surface area contributed by atoms with Gasteiger partial charge in [-0.15, -0.1) is 0 Å². The van der Waals surface area contributed by atoms with Crippen LogP contribution in [0.25, 0.3) is 16.7 Å². The molecular weight excluding hydrogens is 559 g/mol. The number of hydrogen-bond donors (Lipinski definition) is 2. The highest BCUT2D eigenvalue weighted by Crippen LogP contribution is 2.43. The summed E-state index contributed by atoms with van der Waals surface area (Å²) in [5.74, 6) is -0.338. The van der Waals surface area contributed by atoms with Crippen molar-refractivity contribution in [3.8, 4) is 5.69 Å². The Balaban J connectivity index is 1.37. The van der Waals surface area contributed by atoms with Crippen LogP contribution in [0, 0.1) is 20.8 Å². The fourth-order valence-electron chi connectivity index (χ4n) is 4.96. The third kappa shape index (κ3) is 5.68. The molecule has 1 amide bonds. The average molecular weight is 586 g/mol. The molecule has 12 heteroatoms. The molecule has 6 rings (SSSR count). The molecule has 1 aliphatic carbocycles. The molecule has 9 nitrogen and oxygen atoms in total. The molecule has 0 bridgehead atoms. The van der Waals surface area contributed by atoms with Gasteiger partial charge in [-0.3, -0.25) is 14.3 Å². The van der Waals surface area contributed by atoms with Crippen LogP contribution in [0.3, 0.4) is 0 Å². The second-order valence-electron chi connectivity index (χ2n) is 10.6. The summed E-state index contributed by atoms with van der Waals surface area (Å²) in [6, 6.07) is 12.9. The second kappa shape index (κ2) is 10.6. The van der Waals surface area contributed by atoms with E-state index in [2.05, 4.69) is 30.6 Å². The molecular formula is C31H26F3N7O2. The fraction of sp³-hybridized carbons (Fsp3) is 0.226. The summed E-state index contributed by atoms with van der Waals surface area (Å²) in [6.07, 6.45) is -1.18. The van der Waals surface area contributed by atoms with Gasteiger partial charge in [0.25, 0.3) is 5.91 Å². The lowest BCUT2D eigenvalue weighted by atomic mass is 10.1. The predicted octanol–water partition coefficient (Wildman–Crippen LogP) is 6.39. The number of nitrogens with one attached hydrogen (secondary N) is 2. The molecule has 0 radical (unpaired) electrons. The van der Waals surface area contributed by atoms with E-state index in [1.54, 1.807) is 24.4 Å². The van der Waals surface area contributed by atoms with Crippen molar-refractivity contribution < 1.29 is 18.0 Å². The van der Waals surface area contributed by atoms with Crippen LogP contribution < -0.4 is 16.3 Å². The van der Waals surface area contributed by atoms with Crippen LogP contribution >= 0.6 is 0 Å². The number of benzene rings is 2. The first-order valence-corrected chi connectivity index (χ1v) is 13.6. The van der Waals surface area contributed by atoms with Crippen molar-refractivity contribution in [2.45, 2.75) is 45.7 Å². The smallest absolute Gasteiger partial charge is 0.323 e. The van der Waals surface area contributed by atoms with Gasteiger partial charge in [0.05, 0.1) is 28.0 Å². The van der Waals surface area contributed by atoms with Crippen molar-refractivity contribution in [1.29, 1.82) is 0 Å². The van der Waals surface area contributed by atoms with Crippen LogP contribution in [0.15, 0.2) is 65.6 Å². The maximum absolute atomic E-state index is 13.6. The van der Waals surface area contributed by atoms with Gasteiger partial charge in [-0.1, -0.05) is 12.1 Å². The van der Waals surface area contributed by atoms with E-state index in [0.29, 0.717) is 16.8 Å². The van der Waals surface area contributed by atoms with Crippen LogP contribution in [0.2, 0.25) is 0 Å². The number of rotatable bonds is 6. The van der Waals surface area contributed by atoms with Gasteiger partial charge in [0.15, 0.2) is 5.65 Å². The number of pyridine rings is 1. The second-order valence-corrected chi connectivity index (χ2v) is 10.6.